The Balaban J connectivity index is 1.99. The Labute approximate surface area is 183 Å². The van der Waals surface area contributed by atoms with E-state index < -0.39 is 18.1 Å². The molecule has 0 saturated carbocycles. The van der Waals surface area contributed by atoms with Crippen molar-refractivity contribution in [2.75, 3.05) is 32.6 Å². The van der Waals surface area contributed by atoms with Crippen LogP contribution in [0.1, 0.15) is 24.2 Å². The van der Waals surface area contributed by atoms with Crippen LogP contribution < -0.4 is 0 Å². The van der Waals surface area contributed by atoms with E-state index in [-0.39, 0.29) is 37.7 Å². The zero-order valence-electron chi connectivity index (χ0n) is 17.5. The van der Waals surface area contributed by atoms with Crippen LogP contribution in [0, 0.1) is 0 Å². The van der Waals surface area contributed by atoms with E-state index in [1.807, 2.05) is 30.3 Å². The summed E-state index contributed by atoms with van der Waals surface area (Å²) in [7, 11) is 0. The average Bonchev–Trinajstić information content (AvgIpc) is 3.33. The number of ether oxygens (including phenoxy) is 2. The Morgan fingerprint density at radius 3 is 2.52 bits per heavy atom. The van der Waals surface area contributed by atoms with Gasteiger partial charge < -0.3 is 9.47 Å². The predicted molar refractivity (Wildman–Crippen MR) is 115 cm³/mol. The minimum Gasteiger partial charge on any atom is -0.462 e. The zero-order valence-corrected chi connectivity index (χ0v) is 18.3. The minimum absolute atomic E-state index is 0.174. The van der Waals surface area contributed by atoms with Crippen LogP contribution in [0.3, 0.4) is 0 Å². The lowest BCUT2D eigenvalue weighted by Crippen LogP contribution is -2.36. The molecule has 164 valence electrons. The molecule has 0 unspecified atom stereocenters. The normalized spacial score (nSPS) is 13.8. The summed E-state index contributed by atoms with van der Waals surface area (Å²) in [5.74, 6) is -0.321. The average molecular weight is 446 g/mol. The smallest absolute Gasteiger partial charge is 0.418 e. The number of imide groups is 1. The van der Waals surface area contributed by atoms with Crippen molar-refractivity contribution in [3.8, 4) is 5.69 Å². The van der Waals surface area contributed by atoms with E-state index in [2.05, 4.69) is 10.1 Å². The number of urea groups is 1. The molecule has 2 aromatic rings. The summed E-state index contributed by atoms with van der Waals surface area (Å²) in [5, 5.41) is 4.97. The second kappa shape index (κ2) is 10.1. The van der Waals surface area contributed by atoms with Gasteiger partial charge >= 0.3 is 18.1 Å². The molecule has 3 amide bonds. The summed E-state index contributed by atoms with van der Waals surface area (Å²) in [6.07, 6.45) is 2.40. The Morgan fingerprint density at radius 2 is 1.87 bits per heavy atom. The number of nitrogens with zero attached hydrogens (tertiary/aromatic N) is 5. The molecule has 0 bridgehead atoms. The molecule has 1 aliphatic heterocycles. The molecule has 1 aromatic heterocycles. The number of benzene rings is 1. The third-order valence-electron chi connectivity index (χ3n) is 4.35. The maximum Gasteiger partial charge on any atom is 0.418 e. The van der Waals surface area contributed by atoms with Crippen molar-refractivity contribution in [2.45, 2.75) is 18.9 Å². The van der Waals surface area contributed by atoms with E-state index in [0.717, 1.165) is 4.90 Å². The Bertz CT molecular complexity index is 991. The van der Waals surface area contributed by atoms with Crippen LogP contribution in [0.5, 0.6) is 0 Å². The van der Waals surface area contributed by atoms with E-state index in [0.29, 0.717) is 10.7 Å². The summed E-state index contributed by atoms with van der Waals surface area (Å²) in [6.45, 7) is 4.20. The quantitative estimate of drug-likeness (QED) is 0.278. The number of para-hydroxylation sites is 1. The van der Waals surface area contributed by atoms with Crippen LogP contribution in [-0.2, 0) is 9.47 Å². The second-order valence-corrected chi connectivity index (χ2v) is 7.04. The third-order valence-corrected chi connectivity index (χ3v) is 5.02. The van der Waals surface area contributed by atoms with Gasteiger partial charge in [-0.3, -0.25) is 4.90 Å². The second-order valence-electron chi connectivity index (χ2n) is 6.25. The molecule has 10 nitrogen and oxygen atoms in total. The van der Waals surface area contributed by atoms with Crippen LogP contribution in [0.2, 0.25) is 0 Å². The van der Waals surface area contributed by atoms with Gasteiger partial charge in [-0.1, -0.05) is 18.2 Å². The van der Waals surface area contributed by atoms with E-state index in [1.54, 1.807) is 20.1 Å². The molecule has 1 aromatic carbocycles. The number of amides is 3. The van der Waals surface area contributed by atoms with Gasteiger partial charge in [0.25, 0.3) is 0 Å². The van der Waals surface area contributed by atoms with E-state index >= 15 is 0 Å². The van der Waals surface area contributed by atoms with Gasteiger partial charge in [0.05, 0.1) is 25.4 Å². The molecule has 0 spiro atoms. The number of aromatic nitrogens is 2. The van der Waals surface area contributed by atoms with Gasteiger partial charge in [0, 0.05) is 6.54 Å². The first-order valence-corrected chi connectivity index (χ1v) is 10.9. The Morgan fingerprint density at radius 1 is 1.16 bits per heavy atom. The van der Waals surface area contributed by atoms with Crippen molar-refractivity contribution in [2.24, 2.45) is 4.99 Å². The molecular weight excluding hydrogens is 422 g/mol. The van der Waals surface area contributed by atoms with Gasteiger partial charge in [0.2, 0.25) is 0 Å². The van der Waals surface area contributed by atoms with Gasteiger partial charge in [-0.25, -0.2) is 29.0 Å². The SMILES string of the molecule is CCOC(=O)c1c(SC)nn(-c2ccccc2)c1/N=C/N1CCN(C(=O)OCC)C1=O. The molecule has 0 N–H and O–H groups in total. The molecule has 0 atom stereocenters. The highest BCUT2D eigenvalue weighted by atomic mass is 32.2. The number of esters is 1. The zero-order chi connectivity index (χ0) is 22.4. The Kier molecular flexibility index (Phi) is 7.29. The van der Waals surface area contributed by atoms with Crippen LogP contribution in [0.4, 0.5) is 15.4 Å². The van der Waals surface area contributed by atoms with Crippen LogP contribution >= 0.6 is 11.8 Å². The van der Waals surface area contributed by atoms with E-state index in [9.17, 15) is 14.4 Å². The molecule has 1 aliphatic rings. The van der Waals surface area contributed by atoms with Gasteiger partial charge in [0.1, 0.15) is 16.9 Å². The molecule has 3 rings (SSSR count). The molecular formula is C20H23N5O5S. The van der Waals surface area contributed by atoms with Gasteiger partial charge in [-0.05, 0) is 32.2 Å². The van der Waals surface area contributed by atoms with Crippen molar-refractivity contribution in [1.29, 1.82) is 0 Å². The summed E-state index contributed by atoms with van der Waals surface area (Å²) >= 11 is 1.29. The lowest BCUT2D eigenvalue weighted by Gasteiger charge is -2.13. The molecule has 2 heterocycles. The highest BCUT2D eigenvalue weighted by Gasteiger charge is 2.34. The largest absolute Gasteiger partial charge is 0.462 e. The number of carbonyl (C=O) groups excluding carboxylic acids is 3. The fraction of sp³-hybridized carbons (Fsp3) is 0.350. The number of hydrogen-bond acceptors (Lipinski definition) is 8. The summed E-state index contributed by atoms with van der Waals surface area (Å²) in [4.78, 5) is 43.8. The van der Waals surface area contributed by atoms with Gasteiger partial charge in [-0.2, -0.15) is 5.10 Å². The molecule has 0 aliphatic carbocycles. The highest BCUT2D eigenvalue weighted by molar-refractivity contribution is 7.98. The number of rotatable bonds is 7. The fourth-order valence-corrected chi connectivity index (χ4v) is 3.48. The van der Waals surface area contributed by atoms with Crippen molar-refractivity contribution in [3.63, 3.8) is 0 Å². The summed E-state index contributed by atoms with van der Waals surface area (Å²) in [5.41, 5.74) is 0.907. The first-order valence-electron chi connectivity index (χ1n) is 9.70. The summed E-state index contributed by atoms with van der Waals surface area (Å²) in [6, 6.07) is 8.66. The number of hydrogen-bond donors (Lipinski definition) is 0. The van der Waals surface area contributed by atoms with Crippen molar-refractivity contribution >= 4 is 42.0 Å². The van der Waals surface area contributed by atoms with E-state index in [4.69, 9.17) is 9.47 Å². The van der Waals surface area contributed by atoms with Crippen LogP contribution in [0.25, 0.3) is 5.69 Å². The third kappa shape index (κ3) is 4.71. The van der Waals surface area contributed by atoms with Gasteiger partial charge in [-0.15, -0.1) is 11.8 Å². The van der Waals surface area contributed by atoms with Crippen molar-refractivity contribution in [3.05, 3.63) is 35.9 Å². The monoisotopic (exact) mass is 445 g/mol. The van der Waals surface area contributed by atoms with Crippen LogP contribution in [-0.4, -0.2) is 76.6 Å². The molecule has 31 heavy (non-hydrogen) atoms. The van der Waals surface area contributed by atoms with Gasteiger partial charge in [0.15, 0.2) is 5.82 Å². The van der Waals surface area contributed by atoms with Crippen molar-refractivity contribution in [1.82, 2.24) is 19.6 Å². The highest BCUT2D eigenvalue weighted by Crippen LogP contribution is 2.32. The number of thioether (sulfide) groups is 1. The lowest BCUT2D eigenvalue weighted by atomic mass is 10.3. The number of aliphatic imine (C=N–C) groups is 1. The summed E-state index contributed by atoms with van der Waals surface area (Å²) < 4.78 is 11.6. The maximum absolute atomic E-state index is 12.7. The lowest BCUT2D eigenvalue weighted by molar-refractivity contribution is 0.0523. The first-order chi connectivity index (χ1) is 15.0. The molecule has 0 radical (unpaired) electrons. The first kappa shape index (κ1) is 22.3. The minimum atomic E-state index is -0.699. The van der Waals surface area contributed by atoms with Crippen LogP contribution in [0.15, 0.2) is 40.4 Å². The molecule has 1 saturated heterocycles. The molecule has 11 heteroatoms. The standard InChI is InChI=1S/C20H23N5O5S/c1-4-29-18(26)15-16(25(22-17(15)31-3)14-9-7-6-8-10-14)21-13-23-11-12-24(19(23)27)20(28)30-5-2/h6-10,13H,4-5,11-12H2,1-3H3/b21-13+. The predicted octanol–water partition coefficient (Wildman–Crippen LogP) is 3.32. The fourth-order valence-electron chi connectivity index (χ4n) is 2.94. The molecule has 1 fully saturated rings. The maximum atomic E-state index is 12.7. The topological polar surface area (TPSA) is 106 Å². The van der Waals surface area contributed by atoms with Crippen molar-refractivity contribution < 1.29 is 23.9 Å². The Hall–Kier alpha value is -3.34. The van der Waals surface area contributed by atoms with E-state index in [1.165, 1.54) is 27.7 Å². The number of carbonyl (C=O) groups is 3.